The van der Waals surface area contributed by atoms with E-state index >= 15 is 0 Å². The van der Waals surface area contributed by atoms with Crippen molar-refractivity contribution in [2.75, 3.05) is 24.3 Å². The van der Waals surface area contributed by atoms with Gasteiger partial charge in [0.2, 0.25) is 0 Å². The van der Waals surface area contributed by atoms with Crippen molar-refractivity contribution in [3.8, 4) is 0 Å². The van der Waals surface area contributed by atoms with Crippen LogP contribution in [0.15, 0.2) is 41.2 Å². The molecule has 6 nitrogen and oxygen atoms in total. The molecular weight excluding hydrogens is 292 g/mol. The van der Waals surface area contributed by atoms with E-state index in [0.717, 1.165) is 11.3 Å². The van der Waals surface area contributed by atoms with E-state index in [9.17, 15) is 9.59 Å². The summed E-state index contributed by atoms with van der Waals surface area (Å²) in [5.41, 5.74) is 4.16. The third kappa shape index (κ3) is 2.96. The number of hydrogen-bond acceptors (Lipinski definition) is 3. The Morgan fingerprint density at radius 3 is 2.43 bits per heavy atom. The largest absolute Gasteiger partial charge is 0.376 e. The number of H-pyrrole nitrogens is 2. The molecule has 6 heteroatoms. The number of benzene rings is 2. The highest BCUT2D eigenvalue weighted by molar-refractivity contribution is 6.07. The van der Waals surface area contributed by atoms with Gasteiger partial charge in [-0.15, -0.1) is 0 Å². The lowest BCUT2D eigenvalue weighted by molar-refractivity contribution is 0.102. The van der Waals surface area contributed by atoms with E-state index in [4.69, 9.17) is 0 Å². The van der Waals surface area contributed by atoms with E-state index in [0.29, 0.717) is 22.3 Å². The van der Waals surface area contributed by atoms with Crippen LogP contribution in [-0.2, 0) is 0 Å². The molecular formula is C17H18N4O2. The molecule has 0 atom stereocenters. The number of carbonyl (C=O) groups is 1. The Hall–Kier alpha value is -3.02. The van der Waals surface area contributed by atoms with Gasteiger partial charge in [0.15, 0.2) is 0 Å². The van der Waals surface area contributed by atoms with Crippen molar-refractivity contribution < 1.29 is 4.79 Å². The minimum absolute atomic E-state index is 0.186. The number of carbonyl (C=O) groups excluding carboxylic acids is 1. The summed E-state index contributed by atoms with van der Waals surface area (Å²) in [4.78, 5) is 31.2. The van der Waals surface area contributed by atoms with Crippen LogP contribution in [0.3, 0.4) is 0 Å². The minimum atomic E-state index is -0.271. The van der Waals surface area contributed by atoms with Crippen LogP contribution in [0.5, 0.6) is 0 Å². The zero-order valence-corrected chi connectivity index (χ0v) is 13.2. The molecule has 0 aliphatic rings. The van der Waals surface area contributed by atoms with Gasteiger partial charge in [-0.25, -0.2) is 4.79 Å². The molecule has 0 radical (unpaired) electrons. The molecule has 0 saturated carbocycles. The highest BCUT2D eigenvalue weighted by atomic mass is 16.2. The summed E-state index contributed by atoms with van der Waals surface area (Å²) >= 11 is 0. The molecule has 0 fully saturated rings. The van der Waals surface area contributed by atoms with Gasteiger partial charge in [-0.05, 0) is 31.2 Å². The van der Waals surface area contributed by atoms with Crippen LogP contribution in [0.2, 0.25) is 0 Å². The van der Waals surface area contributed by atoms with E-state index in [1.807, 2.05) is 50.2 Å². The molecule has 1 heterocycles. The molecule has 0 aliphatic carbocycles. The van der Waals surface area contributed by atoms with E-state index < -0.39 is 0 Å². The number of anilines is 2. The van der Waals surface area contributed by atoms with E-state index in [1.165, 1.54) is 0 Å². The fourth-order valence-corrected chi connectivity index (χ4v) is 2.52. The monoisotopic (exact) mass is 310 g/mol. The minimum Gasteiger partial charge on any atom is -0.376 e. The molecule has 1 amide bonds. The van der Waals surface area contributed by atoms with Crippen LogP contribution in [0, 0.1) is 6.92 Å². The summed E-state index contributed by atoms with van der Waals surface area (Å²) in [6.45, 7) is 1.94. The van der Waals surface area contributed by atoms with Gasteiger partial charge in [-0.2, -0.15) is 0 Å². The van der Waals surface area contributed by atoms with Crippen LogP contribution in [0.25, 0.3) is 11.0 Å². The first kappa shape index (κ1) is 14.9. The third-order valence-electron chi connectivity index (χ3n) is 3.64. The lowest BCUT2D eigenvalue weighted by Gasteiger charge is -2.18. The fraction of sp³-hybridized carbons (Fsp3) is 0.176. The lowest BCUT2D eigenvalue weighted by atomic mass is 10.1. The average molecular weight is 310 g/mol. The molecule has 0 bridgehead atoms. The number of hydrogen-bond donors (Lipinski definition) is 3. The maximum atomic E-state index is 12.5. The highest BCUT2D eigenvalue weighted by Gasteiger charge is 2.13. The Kier molecular flexibility index (Phi) is 3.65. The summed E-state index contributed by atoms with van der Waals surface area (Å²) in [6.07, 6.45) is 0. The van der Waals surface area contributed by atoms with Crippen LogP contribution < -0.4 is 15.9 Å². The zero-order valence-electron chi connectivity index (χ0n) is 13.2. The number of aromatic amines is 2. The van der Waals surface area contributed by atoms with E-state index in [-0.39, 0.29) is 11.6 Å². The maximum absolute atomic E-state index is 12.5. The summed E-state index contributed by atoms with van der Waals surface area (Å²) in [6, 6.07) is 11.0. The summed E-state index contributed by atoms with van der Waals surface area (Å²) in [5.74, 6) is -0.186. The molecule has 2 aromatic carbocycles. The normalized spacial score (nSPS) is 10.7. The molecule has 23 heavy (non-hydrogen) atoms. The number of aromatic nitrogens is 2. The fourth-order valence-electron chi connectivity index (χ4n) is 2.52. The molecule has 1 aromatic heterocycles. The Labute approximate surface area is 133 Å². The van der Waals surface area contributed by atoms with Gasteiger partial charge in [-0.1, -0.05) is 17.7 Å². The van der Waals surface area contributed by atoms with Crippen molar-refractivity contribution >= 4 is 28.3 Å². The van der Waals surface area contributed by atoms with Crippen LogP contribution in [-0.4, -0.2) is 30.0 Å². The molecule has 3 N–H and O–H groups in total. The first-order valence-corrected chi connectivity index (χ1v) is 7.25. The molecule has 0 unspecified atom stereocenters. The second kappa shape index (κ2) is 5.64. The van der Waals surface area contributed by atoms with Gasteiger partial charge in [0.05, 0.1) is 22.4 Å². The topological polar surface area (TPSA) is 81.0 Å². The molecule has 0 saturated heterocycles. The van der Waals surface area contributed by atoms with Gasteiger partial charge in [-0.3, -0.25) is 4.79 Å². The van der Waals surface area contributed by atoms with Crippen molar-refractivity contribution in [1.82, 2.24) is 9.97 Å². The lowest BCUT2D eigenvalue weighted by Crippen LogP contribution is -2.16. The molecule has 3 aromatic rings. The number of amides is 1. The van der Waals surface area contributed by atoms with E-state index in [1.54, 1.807) is 12.1 Å². The first-order valence-electron chi connectivity index (χ1n) is 7.25. The van der Waals surface area contributed by atoms with Crippen LogP contribution in [0.1, 0.15) is 15.9 Å². The summed E-state index contributed by atoms with van der Waals surface area (Å²) in [5, 5.41) is 2.92. The number of aryl methyl sites for hydroxylation is 1. The van der Waals surface area contributed by atoms with Gasteiger partial charge in [0, 0.05) is 19.7 Å². The third-order valence-corrected chi connectivity index (χ3v) is 3.64. The van der Waals surface area contributed by atoms with Gasteiger partial charge in [0.1, 0.15) is 0 Å². The Bertz CT molecular complexity index is 937. The van der Waals surface area contributed by atoms with Crippen molar-refractivity contribution in [3.05, 3.63) is 58.0 Å². The molecule has 118 valence electrons. The van der Waals surface area contributed by atoms with Gasteiger partial charge in [0.25, 0.3) is 5.91 Å². The van der Waals surface area contributed by atoms with Crippen LogP contribution in [0.4, 0.5) is 11.4 Å². The number of nitrogens with one attached hydrogen (secondary N) is 3. The molecule has 0 aliphatic heterocycles. The Morgan fingerprint density at radius 1 is 1.09 bits per heavy atom. The summed E-state index contributed by atoms with van der Waals surface area (Å²) < 4.78 is 0. The number of nitrogens with zero attached hydrogens (tertiary/aromatic N) is 1. The number of imidazole rings is 1. The molecule has 0 spiro atoms. The SMILES string of the molecule is Cc1cccc(C(=O)Nc2cc3[nH]c(=O)[nH]c3cc2N(C)C)c1. The Morgan fingerprint density at radius 2 is 1.78 bits per heavy atom. The second-order valence-corrected chi connectivity index (χ2v) is 5.71. The predicted molar refractivity (Wildman–Crippen MR) is 92.4 cm³/mol. The first-order chi connectivity index (χ1) is 10.9. The van der Waals surface area contributed by atoms with Gasteiger partial charge >= 0.3 is 5.69 Å². The van der Waals surface area contributed by atoms with Crippen molar-refractivity contribution in [1.29, 1.82) is 0 Å². The highest BCUT2D eigenvalue weighted by Crippen LogP contribution is 2.28. The van der Waals surface area contributed by atoms with Gasteiger partial charge < -0.3 is 20.2 Å². The number of rotatable bonds is 3. The van der Waals surface area contributed by atoms with Crippen molar-refractivity contribution in [2.45, 2.75) is 6.92 Å². The predicted octanol–water partition coefficient (Wildman–Crippen LogP) is 2.48. The zero-order chi connectivity index (χ0) is 16.6. The Balaban J connectivity index is 2.02. The summed E-state index contributed by atoms with van der Waals surface area (Å²) in [7, 11) is 3.77. The second-order valence-electron chi connectivity index (χ2n) is 5.71. The van der Waals surface area contributed by atoms with Crippen LogP contribution >= 0.6 is 0 Å². The van der Waals surface area contributed by atoms with E-state index in [2.05, 4.69) is 15.3 Å². The standard InChI is InChI=1S/C17H18N4O2/c1-10-5-4-6-11(7-10)16(22)18-14-8-12-13(20-17(23)19-12)9-15(14)21(2)3/h4-9H,1-3H3,(H,18,22)(H2,19,20,23). The van der Waals surface area contributed by atoms with Crippen molar-refractivity contribution in [3.63, 3.8) is 0 Å². The maximum Gasteiger partial charge on any atom is 0.323 e. The quantitative estimate of drug-likeness (QED) is 0.695. The van der Waals surface area contributed by atoms with Crippen molar-refractivity contribution in [2.24, 2.45) is 0 Å². The molecule has 3 rings (SSSR count). The smallest absolute Gasteiger partial charge is 0.323 e. The average Bonchev–Trinajstić information content (AvgIpc) is 2.85. The number of fused-ring (bicyclic) bond motifs is 1.